The molecule has 1 amide bonds. The predicted molar refractivity (Wildman–Crippen MR) is 88.5 cm³/mol. The van der Waals surface area contributed by atoms with Gasteiger partial charge >= 0.3 is 0 Å². The molecule has 0 fully saturated rings. The van der Waals surface area contributed by atoms with E-state index < -0.39 is 5.91 Å². The van der Waals surface area contributed by atoms with Crippen LogP contribution in [0.1, 0.15) is 29.4 Å². The Morgan fingerprint density at radius 3 is 2.88 bits per heavy atom. The van der Waals surface area contributed by atoms with Gasteiger partial charge in [0.1, 0.15) is 5.75 Å². The highest BCUT2D eigenvalue weighted by Gasteiger charge is 2.14. The molecule has 2 heterocycles. The van der Waals surface area contributed by atoms with Crippen molar-refractivity contribution in [2.45, 2.75) is 19.8 Å². The first-order valence-electron chi connectivity index (χ1n) is 7.55. The second-order valence-corrected chi connectivity index (χ2v) is 5.20. The van der Waals surface area contributed by atoms with Gasteiger partial charge in [-0.05, 0) is 18.6 Å². The highest BCUT2D eigenvalue weighted by atomic mass is 16.5. The van der Waals surface area contributed by atoms with Crippen LogP contribution in [0.4, 0.5) is 5.95 Å². The molecule has 24 heavy (non-hydrogen) atoms. The molecule has 124 valence electrons. The number of amides is 1. The fourth-order valence-electron chi connectivity index (χ4n) is 2.37. The summed E-state index contributed by atoms with van der Waals surface area (Å²) >= 11 is 0. The van der Waals surface area contributed by atoms with Crippen LogP contribution in [0.2, 0.25) is 0 Å². The van der Waals surface area contributed by atoms with Crippen molar-refractivity contribution in [1.82, 2.24) is 19.6 Å². The van der Waals surface area contributed by atoms with Gasteiger partial charge in [0.05, 0.1) is 18.4 Å². The molecule has 8 nitrogen and oxygen atoms in total. The van der Waals surface area contributed by atoms with Gasteiger partial charge in [-0.15, -0.1) is 0 Å². The van der Waals surface area contributed by atoms with E-state index in [1.54, 1.807) is 24.3 Å². The van der Waals surface area contributed by atoms with Crippen molar-refractivity contribution >= 4 is 17.6 Å². The Morgan fingerprint density at radius 2 is 2.12 bits per heavy atom. The van der Waals surface area contributed by atoms with Crippen LogP contribution in [0.25, 0.3) is 5.78 Å². The van der Waals surface area contributed by atoms with E-state index in [9.17, 15) is 9.59 Å². The lowest BCUT2D eigenvalue weighted by atomic mass is 10.2. The summed E-state index contributed by atoms with van der Waals surface area (Å²) in [7, 11) is 1.49. The molecule has 3 aromatic rings. The van der Waals surface area contributed by atoms with Crippen LogP contribution < -0.4 is 15.6 Å². The van der Waals surface area contributed by atoms with Crippen LogP contribution in [0, 0.1) is 0 Å². The van der Waals surface area contributed by atoms with Crippen molar-refractivity contribution in [3.8, 4) is 5.75 Å². The number of rotatable bonds is 5. The molecule has 0 saturated carbocycles. The highest BCUT2D eigenvalue weighted by Crippen LogP contribution is 2.18. The molecule has 8 heteroatoms. The maximum Gasteiger partial charge on any atom is 0.274 e. The van der Waals surface area contributed by atoms with Gasteiger partial charge in [-0.1, -0.05) is 25.5 Å². The summed E-state index contributed by atoms with van der Waals surface area (Å²) in [5.41, 5.74) is 0.776. The summed E-state index contributed by atoms with van der Waals surface area (Å²) in [6, 6.07) is 8.30. The lowest BCUT2D eigenvalue weighted by molar-refractivity contribution is 0.102. The number of benzene rings is 1. The fourth-order valence-corrected chi connectivity index (χ4v) is 2.37. The second-order valence-electron chi connectivity index (χ2n) is 5.20. The fraction of sp³-hybridized carbons (Fsp3) is 0.250. The Hall–Kier alpha value is -3.16. The number of hydrogen-bond acceptors (Lipinski definition) is 5. The molecule has 0 radical (unpaired) electrons. The van der Waals surface area contributed by atoms with Gasteiger partial charge in [0.2, 0.25) is 5.95 Å². The van der Waals surface area contributed by atoms with Gasteiger partial charge < -0.3 is 4.74 Å². The predicted octanol–water partition coefficient (Wildman–Crippen LogP) is 1.63. The zero-order valence-corrected chi connectivity index (χ0v) is 13.4. The van der Waals surface area contributed by atoms with Gasteiger partial charge in [0.15, 0.2) is 0 Å². The topological polar surface area (TPSA) is 101 Å². The smallest absolute Gasteiger partial charge is 0.274 e. The quantitative estimate of drug-likeness (QED) is 0.741. The third-order valence-corrected chi connectivity index (χ3v) is 3.47. The second kappa shape index (κ2) is 6.53. The average Bonchev–Trinajstić information content (AvgIpc) is 2.98. The van der Waals surface area contributed by atoms with Crippen molar-refractivity contribution in [3.63, 3.8) is 0 Å². The number of nitrogens with one attached hydrogen (secondary N) is 2. The summed E-state index contributed by atoms with van der Waals surface area (Å²) in [5, 5.41) is 5.34. The molecule has 1 aromatic carbocycles. The zero-order chi connectivity index (χ0) is 17.1. The minimum atomic E-state index is -0.395. The SMILES string of the molecule is CCCc1cc(=O)n2[nH]c(NC(=O)c3ccccc3OC)nc2n1. The Balaban J connectivity index is 1.91. The van der Waals surface area contributed by atoms with E-state index in [-0.39, 0.29) is 17.3 Å². The summed E-state index contributed by atoms with van der Waals surface area (Å²) in [6.07, 6.45) is 1.58. The number of ether oxygens (including phenoxy) is 1. The molecule has 2 aromatic heterocycles. The maximum absolute atomic E-state index is 12.4. The first-order chi connectivity index (χ1) is 11.6. The van der Waals surface area contributed by atoms with Crippen LogP contribution in [0.3, 0.4) is 0 Å². The van der Waals surface area contributed by atoms with Crippen LogP contribution in [-0.2, 0) is 6.42 Å². The van der Waals surface area contributed by atoms with Gasteiger partial charge in [-0.25, -0.2) is 4.98 Å². The summed E-state index contributed by atoms with van der Waals surface area (Å²) in [6.45, 7) is 2.01. The van der Waals surface area contributed by atoms with E-state index in [1.165, 1.54) is 17.7 Å². The number of para-hydroxylation sites is 1. The number of aromatic amines is 1. The molecular weight excluding hydrogens is 310 g/mol. The van der Waals surface area contributed by atoms with E-state index >= 15 is 0 Å². The van der Waals surface area contributed by atoms with Crippen LogP contribution >= 0.6 is 0 Å². The molecule has 0 spiro atoms. The van der Waals surface area contributed by atoms with Crippen molar-refractivity contribution < 1.29 is 9.53 Å². The lowest BCUT2D eigenvalue weighted by Crippen LogP contribution is -2.17. The summed E-state index contributed by atoms with van der Waals surface area (Å²) in [5.74, 6) is 0.422. The largest absolute Gasteiger partial charge is 0.496 e. The summed E-state index contributed by atoms with van der Waals surface area (Å²) in [4.78, 5) is 32.9. The van der Waals surface area contributed by atoms with E-state index in [1.807, 2.05) is 6.92 Å². The molecule has 0 unspecified atom stereocenters. The number of H-pyrrole nitrogens is 1. The third-order valence-electron chi connectivity index (χ3n) is 3.47. The van der Waals surface area contributed by atoms with Gasteiger partial charge in [-0.2, -0.15) is 9.50 Å². The summed E-state index contributed by atoms with van der Waals surface area (Å²) < 4.78 is 6.36. The van der Waals surface area contributed by atoms with Gasteiger partial charge in [-0.3, -0.25) is 20.0 Å². The molecule has 0 saturated heterocycles. The maximum atomic E-state index is 12.4. The number of aromatic nitrogens is 4. The number of hydrogen-bond donors (Lipinski definition) is 2. The van der Waals surface area contributed by atoms with E-state index in [0.717, 1.165) is 6.42 Å². The van der Waals surface area contributed by atoms with Crippen LogP contribution in [0.15, 0.2) is 35.1 Å². The average molecular weight is 327 g/mol. The first-order valence-corrected chi connectivity index (χ1v) is 7.55. The monoisotopic (exact) mass is 327 g/mol. The normalized spacial score (nSPS) is 10.8. The van der Waals surface area contributed by atoms with E-state index in [4.69, 9.17) is 4.74 Å². The van der Waals surface area contributed by atoms with Crippen LogP contribution in [-0.4, -0.2) is 32.6 Å². The molecule has 0 aliphatic heterocycles. The van der Waals surface area contributed by atoms with Crippen molar-refractivity contribution in [1.29, 1.82) is 0 Å². The van der Waals surface area contributed by atoms with Gasteiger partial charge in [0, 0.05) is 6.07 Å². The number of carbonyl (C=O) groups is 1. The Bertz CT molecular complexity index is 944. The molecule has 0 aliphatic rings. The number of carbonyl (C=O) groups excluding carboxylic acids is 1. The van der Waals surface area contributed by atoms with Crippen molar-refractivity contribution in [2.75, 3.05) is 12.4 Å². The molecule has 0 bridgehead atoms. The third kappa shape index (κ3) is 2.98. The minimum absolute atomic E-state index is 0.143. The zero-order valence-electron chi connectivity index (χ0n) is 13.4. The Morgan fingerprint density at radius 1 is 1.33 bits per heavy atom. The molecule has 0 aliphatic carbocycles. The molecule has 3 rings (SSSR count). The van der Waals surface area contributed by atoms with Crippen LogP contribution in [0.5, 0.6) is 5.75 Å². The van der Waals surface area contributed by atoms with Crippen molar-refractivity contribution in [3.05, 3.63) is 51.9 Å². The van der Waals surface area contributed by atoms with Crippen molar-refractivity contribution in [2.24, 2.45) is 0 Å². The Kier molecular flexibility index (Phi) is 4.28. The number of anilines is 1. The molecular formula is C16H17N5O3. The number of methoxy groups -OCH3 is 1. The number of fused-ring (bicyclic) bond motifs is 1. The Labute approximate surface area is 137 Å². The molecule has 2 N–H and O–H groups in total. The van der Waals surface area contributed by atoms with E-state index in [0.29, 0.717) is 23.4 Å². The first kappa shape index (κ1) is 15.7. The molecule has 0 atom stereocenters. The van der Waals surface area contributed by atoms with Gasteiger partial charge in [0.25, 0.3) is 17.2 Å². The number of aryl methyl sites for hydroxylation is 1. The standard InChI is InChI=1S/C16H17N5O3/c1-3-6-10-9-13(22)21-16(17-10)19-15(20-21)18-14(23)11-7-4-5-8-12(11)24-2/h4-5,7-9H,3,6H2,1-2H3,(H2,17,18,19,20,23). The van der Waals surface area contributed by atoms with E-state index in [2.05, 4.69) is 20.4 Å². The number of nitrogens with zero attached hydrogens (tertiary/aromatic N) is 3. The lowest BCUT2D eigenvalue weighted by Gasteiger charge is -2.06. The minimum Gasteiger partial charge on any atom is -0.496 e. The highest BCUT2D eigenvalue weighted by molar-refractivity contribution is 6.05.